The van der Waals surface area contributed by atoms with Gasteiger partial charge in [-0.3, -0.25) is 4.90 Å². The molecule has 0 radical (unpaired) electrons. The molecule has 0 bridgehead atoms. The summed E-state index contributed by atoms with van der Waals surface area (Å²) >= 11 is -1.05. The topological polar surface area (TPSA) is 150 Å². The molecule has 4 aliphatic heterocycles. The summed E-state index contributed by atoms with van der Waals surface area (Å²) in [4.78, 5) is 14.4. The summed E-state index contributed by atoms with van der Waals surface area (Å²) in [5.74, 6) is 0.833. The number of aromatic nitrogens is 2. The van der Waals surface area contributed by atoms with E-state index in [9.17, 15) is 9.65 Å². The van der Waals surface area contributed by atoms with Gasteiger partial charge in [-0.15, -0.1) is 0 Å². The van der Waals surface area contributed by atoms with Crippen LogP contribution in [0.2, 0.25) is 0 Å². The summed E-state index contributed by atoms with van der Waals surface area (Å²) in [6.07, 6.45) is 5.76. The summed E-state index contributed by atoms with van der Waals surface area (Å²) in [6, 6.07) is 6.56. The third kappa shape index (κ3) is 5.87. The van der Waals surface area contributed by atoms with Gasteiger partial charge in [-0.2, -0.15) is 15.2 Å². The third-order valence-corrected chi connectivity index (χ3v) is 9.67. The number of halogens is 1. The number of ether oxygens (including phenoxy) is 3. The molecule has 3 fully saturated rings. The molecule has 1 unspecified atom stereocenters. The fourth-order valence-electron chi connectivity index (χ4n) is 7.77. The Balaban J connectivity index is 0.00000105. The van der Waals surface area contributed by atoms with E-state index in [-0.39, 0.29) is 5.54 Å². The Bertz CT molecular complexity index is 1370. The van der Waals surface area contributed by atoms with E-state index in [1.54, 1.807) is 0 Å². The van der Waals surface area contributed by atoms with Crippen LogP contribution in [0.1, 0.15) is 66.5 Å². The van der Waals surface area contributed by atoms with Crippen molar-refractivity contribution in [1.29, 1.82) is 5.26 Å². The Morgan fingerprint density at radius 1 is 1.16 bits per heavy atom. The Kier molecular flexibility index (Phi) is 9.18. The normalized spacial score (nSPS) is 28.3. The molecule has 1 spiro atoms. The molecule has 5 heterocycles. The fraction of sp³-hybridized carbons (Fsp3) is 0.633. The van der Waals surface area contributed by atoms with Crippen LogP contribution >= 0.6 is 0 Å². The number of hydrogen-bond donors (Lipinski definition) is 3. The molecule has 3 saturated heterocycles. The van der Waals surface area contributed by atoms with Crippen molar-refractivity contribution in [2.75, 3.05) is 56.6 Å². The fourth-order valence-corrected chi connectivity index (χ4v) is 7.77. The molecular formula is C30H39FN6O5Pd. The molecule has 0 saturated carbocycles. The van der Waals surface area contributed by atoms with Gasteiger partial charge in [0.25, 0.3) is 0 Å². The van der Waals surface area contributed by atoms with E-state index in [1.165, 1.54) is 0 Å². The molecule has 236 valence electrons. The predicted molar refractivity (Wildman–Crippen MR) is 151 cm³/mol. The van der Waals surface area contributed by atoms with E-state index in [1.807, 2.05) is 12.1 Å². The summed E-state index contributed by atoms with van der Waals surface area (Å²) in [7, 11) is 0. The van der Waals surface area contributed by atoms with Crippen LogP contribution in [0.15, 0.2) is 12.1 Å². The van der Waals surface area contributed by atoms with Gasteiger partial charge in [0.15, 0.2) is 0 Å². The quantitative estimate of drug-likeness (QED) is 0.321. The van der Waals surface area contributed by atoms with Gasteiger partial charge in [0.1, 0.15) is 30.3 Å². The monoisotopic (exact) mass is 688 g/mol. The summed E-state index contributed by atoms with van der Waals surface area (Å²) < 4.78 is 47.6. The van der Waals surface area contributed by atoms with Gasteiger partial charge in [-0.05, 0) is 56.7 Å². The van der Waals surface area contributed by atoms with Crippen molar-refractivity contribution >= 4 is 11.5 Å². The number of alkyl halides is 1. The average molecular weight is 689 g/mol. The Morgan fingerprint density at radius 3 is 2.86 bits per heavy atom. The molecule has 1 aliphatic carbocycles. The SMILES string of the molecule is N#Cc1c(N)ccc2c1C1(CCC2)Cc2nc(OC[C@@]34CCCN3C[C@H](F)C4)nc(N3CCCOCC3)c2CO1.[OH][Pd][OH]. The number of hydrogen-bond acceptors (Lipinski definition) is 11. The molecule has 11 nitrogen and oxygen atoms in total. The number of nitrogen functional groups attached to an aromatic ring is 1. The summed E-state index contributed by atoms with van der Waals surface area (Å²) in [5, 5.41) is 10.1. The molecular weight excluding hydrogens is 650 g/mol. The van der Waals surface area contributed by atoms with Crippen LogP contribution in [-0.2, 0) is 53.2 Å². The minimum absolute atomic E-state index is 0.277. The number of aryl methyl sites for hydroxylation is 1. The van der Waals surface area contributed by atoms with Crippen molar-refractivity contribution < 1.29 is 45.0 Å². The summed E-state index contributed by atoms with van der Waals surface area (Å²) in [6.45, 7) is 5.05. The first-order valence-electron chi connectivity index (χ1n) is 15.0. The Labute approximate surface area is 260 Å². The third-order valence-electron chi connectivity index (χ3n) is 9.67. The number of rotatable bonds is 4. The maximum atomic E-state index is 14.4. The second-order valence-corrected chi connectivity index (χ2v) is 12.4. The molecule has 2 aromatic rings. The Hall–Kier alpha value is -2.42. The van der Waals surface area contributed by atoms with Crippen LogP contribution in [0.3, 0.4) is 0 Å². The van der Waals surface area contributed by atoms with Gasteiger partial charge >= 0.3 is 32.4 Å². The molecule has 0 amide bonds. The van der Waals surface area contributed by atoms with Crippen molar-refractivity contribution in [3.05, 3.63) is 40.1 Å². The molecule has 1 aromatic heterocycles. The van der Waals surface area contributed by atoms with E-state index in [2.05, 4.69) is 15.9 Å². The van der Waals surface area contributed by atoms with Crippen molar-refractivity contribution in [2.45, 2.75) is 75.3 Å². The first-order valence-corrected chi connectivity index (χ1v) is 16.4. The zero-order chi connectivity index (χ0) is 30.0. The van der Waals surface area contributed by atoms with E-state index < -0.39 is 30.5 Å². The van der Waals surface area contributed by atoms with Gasteiger partial charge in [0, 0.05) is 55.9 Å². The van der Waals surface area contributed by atoms with E-state index in [0.29, 0.717) is 56.5 Å². The van der Waals surface area contributed by atoms with Gasteiger partial charge in [0.05, 0.1) is 30.0 Å². The second-order valence-electron chi connectivity index (χ2n) is 12.1. The average Bonchev–Trinajstić information content (AvgIpc) is 3.38. The Morgan fingerprint density at radius 2 is 2.02 bits per heavy atom. The van der Waals surface area contributed by atoms with Crippen molar-refractivity contribution in [3.63, 3.8) is 0 Å². The van der Waals surface area contributed by atoms with Gasteiger partial charge < -0.3 is 24.8 Å². The van der Waals surface area contributed by atoms with E-state index in [0.717, 1.165) is 93.0 Å². The van der Waals surface area contributed by atoms with E-state index >= 15 is 0 Å². The minimum atomic E-state index is -1.05. The molecule has 7 rings (SSSR count). The van der Waals surface area contributed by atoms with Crippen molar-refractivity contribution in [3.8, 4) is 12.1 Å². The number of nitrogens with zero attached hydrogens (tertiary/aromatic N) is 5. The first kappa shape index (κ1) is 30.6. The maximum absolute atomic E-state index is 14.4. The predicted octanol–water partition coefficient (Wildman–Crippen LogP) is 2.30. The first-order chi connectivity index (χ1) is 20.9. The number of benzene rings is 1. The standard InChI is InChI=1S/C30H37FN6O3.2H2O.Pd/c31-21-14-29(7-2-10-37(29)17-21)19-39-28-34-25-15-30(8-1-4-20-5-6-24(33)22(16-32)26(20)30)40-18-23(25)27(35-28)36-9-3-12-38-13-11-36;;;/h5-6,21H,1-4,7-15,17-19,33H2;2*1H2;/q;;;+2/p-2/t21-,29+,30?;;;/m1.../s1. The molecule has 1 aromatic carbocycles. The molecule has 5 aliphatic rings. The zero-order valence-electron chi connectivity index (χ0n) is 24.2. The van der Waals surface area contributed by atoms with Gasteiger partial charge in [-0.1, -0.05) is 6.07 Å². The molecule has 43 heavy (non-hydrogen) atoms. The van der Waals surface area contributed by atoms with Crippen LogP contribution < -0.4 is 15.4 Å². The van der Waals surface area contributed by atoms with Crippen molar-refractivity contribution in [1.82, 2.24) is 14.9 Å². The van der Waals surface area contributed by atoms with Gasteiger partial charge in [-0.25, -0.2) is 4.39 Å². The summed E-state index contributed by atoms with van der Waals surface area (Å²) in [5.41, 5.74) is 10.2. The van der Waals surface area contributed by atoms with Crippen LogP contribution in [-0.4, -0.2) is 80.2 Å². The van der Waals surface area contributed by atoms with Crippen LogP contribution in [0.25, 0.3) is 0 Å². The van der Waals surface area contributed by atoms with E-state index in [4.69, 9.17) is 37.6 Å². The molecule has 13 heteroatoms. The molecule has 3 atom stereocenters. The second kappa shape index (κ2) is 12.9. The van der Waals surface area contributed by atoms with Crippen LogP contribution in [0, 0.1) is 11.3 Å². The van der Waals surface area contributed by atoms with Crippen molar-refractivity contribution in [2.24, 2.45) is 0 Å². The van der Waals surface area contributed by atoms with Gasteiger partial charge in [0.2, 0.25) is 0 Å². The number of nitriles is 1. The number of anilines is 2. The van der Waals surface area contributed by atoms with Crippen LogP contribution in [0.5, 0.6) is 6.01 Å². The zero-order valence-corrected chi connectivity index (χ0v) is 25.7. The number of nitrogens with two attached hydrogens (primary N) is 1. The van der Waals surface area contributed by atoms with Crippen LogP contribution in [0.4, 0.5) is 15.9 Å². The molecule has 4 N–H and O–H groups in total. The number of fused-ring (bicyclic) bond motifs is 4.